The van der Waals surface area contributed by atoms with Gasteiger partial charge in [0.15, 0.2) is 0 Å². The molecule has 2 fully saturated rings. The number of carbonyl (C=O) groups is 1. The third kappa shape index (κ3) is 2.41. The summed E-state index contributed by atoms with van der Waals surface area (Å²) in [6.45, 7) is 2.07. The fourth-order valence-electron chi connectivity index (χ4n) is 2.65. The molecule has 3 nitrogen and oxygen atoms in total. The Kier molecular flexibility index (Phi) is 3.33. The minimum absolute atomic E-state index is 0.181. The lowest BCUT2D eigenvalue weighted by Gasteiger charge is -2.37. The molecule has 1 saturated carbocycles. The normalized spacial score (nSPS) is 20.7. The number of hydrazine groups is 1. The Balaban J connectivity index is 1.79. The second-order valence-corrected chi connectivity index (χ2v) is 5.26. The molecular formula is C15H20N2O. The van der Waals surface area contributed by atoms with E-state index in [1.54, 1.807) is 0 Å². The highest BCUT2D eigenvalue weighted by atomic mass is 16.2. The summed E-state index contributed by atoms with van der Waals surface area (Å²) >= 11 is 0. The van der Waals surface area contributed by atoms with E-state index in [2.05, 4.69) is 5.01 Å². The first-order chi connectivity index (χ1) is 8.86. The van der Waals surface area contributed by atoms with Gasteiger partial charge in [0.1, 0.15) is 0 Å². The summed E-state index contributed by atoms with van der Waals surface area (Å²) in [5, 5.41) is 4.31. The SMILES string of the molecule is O=C(c1ccccc1)N(C1CC1)N1CCCCC1. The van der Waals surface area contributed by atoms with Crippen LogP contribution in [0.3, 0.4) is 0 Å². The molecule has 3 heteroatoms. The van der Waals surface area contributed by atoms with Crippen LogP contribution >= 0.6 is 0 Å². The van der Waals surface area contributed by atoms with E-state index in [4.69, 9.17) is 0 Å². The molecule has 0 bridgehead atoms. The van der Waals surface area contributed by atoms with Crippen LogP contribution in [0.25, 0.3) is 0 Å². The average molecular weight is 244 g/mol. The van der Waals surface area contributed by atoms with Crippen LogP contribution in [0, 0.1) is 0 Å². The molecule has 0 unspecified atom stereocenters. The lowest BCUT2D eigenvalue weighted by Crippen LogP contribution is -2.50. The van der Waals surface area contributed by atoms with Gasteiger partial charge in [-0.15, -0.1) is 0 Å². The van der Waals surface area contributed by atoms with E-state index >= 15 is 0 Å². The molecular weight excluding hydrogens is 224 g/mol. The number of rotatable bonds is 3. The van der Waals surface area contributed by atoms with E-state index in [9.17, 15) is 4.79 Å². The number of hydrogen-bond donors (Lipinski definition) is 0. The first kappa shape index (κ1) is 11.7. The van der Waals surface area contributed by atoms with E-state index in [1.807, 2.05) is 35.3 Å². The van der Waals surface area contributed by atoms with Crippen molar-refractivity contribution in [2.24, 2.45) is 0 Å². The van der Waals surface area contributed by atoms with E-state index in [0.717, 1.165) is 31.5 Å². The van der Waals surface area contributed by atoms with E-state index in [1.165, 1.54) is 19.3 Å². The van der Waals surface area contributed by atoms with Crippen molar-refractivity contribution in [3.8, 4) is 0 Å². The van der Waals surface area contributed by atoms with Crippen LogP contribution in [0.5, 0.6) is 0 Å². The second kappa shape index (κ2) is 5.11. The molecule has 1 aliphatic carbocycles. The average Bonchev–Trinajstić information content (AvgIpc) is 3.26. The van der Waals surface area contributed by atoms with Gasteiger partial charge < -0.3 is 0 Å². The highest BCUT2D eigenvalue weighted by molar-refractivity contribution is 5.94. The summed E-state index contributed by atoms with van der Waals surface area (Å²) in [6, 6.07) is 10.1. The van der Waals surface area contributed by atoms with Crippen LogP contribution < -0.4 is 0 Å². The summed E-state index contributed by atoms with van der Waals surface area (Å²) < 4.78 is 0. The van der Waals surface area contributed by atoms with Crippen LogP contribution in [0.2, 0.25) is 0 Å². The standard InChI is InChI=1S/C15H20N2O/c18-15(13-7-3-1-4-8-13)17(14-9-10-14)16-11-5-2-6-12-16/h1,3-4,7-8,14H,2,5-6,9-12H2. The molecule has 0 aromatic heterocycles. The largest absolute Gasteiger partial charge is 0.268 e. The van der Waals surface area contributed by atoms with Crippen molar-refractivity contribution in [3.05, 3.63) is 35.9 Å². The quantitative estimate of drug-likeness (QED) is 0.816. The molecule has 1 amide bonds. The maximum atomic E-state index is 12.6. The van der Waals surface area contributed by atoms with Gasteiger partial charge in [-0.25, -0.2) is 5.01 Å². The van der Waals surface area contributed by atoms with Crippen LogP contribution in [0.1, 0.15) is 42.5 Å². The van der Waals surface area contributed by atoms with Crippen molar-refractivity contribution in [3.63, 3.8) is 0 Å². The molecule has 0 N–H and O–H groups in total. The lowest BCUT2D eigenvalue weighted by molar-refractivity contribution is -0.0267. The summed E-state index contributed by atoms with van der Waals surface area (Å²) in [6.07, 6.45) is 6.05. The molecule has 0 spiro atoms. The first-order valence-electron chi connectivity index (χ1n) is 7.00. The van der Waals surface area contributed by atoms with Gasteiger partial charge in [0.25, 0.3) is 5.91 Å². The Morgan fingerprint density at radius 1 is 1.06 bits per heavy atom. The Morgan fingerprint density at radius 2 is 1.72 bits per heavy atom. The van der Waals surface area contributed by atoms with Gasteiger partial charge >= 0.3 is 0 Å². The van der Waals surface area contributed by atoms with E-state index in [-0.39, 0.29) is 5.91 Å². The number of nitrogens with zero attached hydrogens (tertiary/aromatic N) is 2. The zero-order valence-electron chi connectivity index (χ0n) is 10.7. The monoisotopic (exact) mass is 244 g/mol. The van der Waals surface area contributed by atoms with Gasteiger partial charge in [-0.05, 0) is 37.8 Å². The molecule has 3 rings (SSSR count). The molecule has 1 aliphatic heterocycles. The molecule has 2 aliphatic rings. The van der Waals surface area contributed by atoms with Crippen LogP contribution in [-0.4, -0.2) is 35.1 Å². The fourth-order valence-corrected chi connectivity index (χ4v) is 2.65. The summed E-state index contributed by atoms with van der Waals surface area (Å²) in [5.41, 5.74) is 0.815. The number of carbonyl (C=O) groups excluding carboxylic acids is 1. The maximum Gasteiger partial charge on any atom is 0.268 e. The van der Waals surface area contributed by atoms with E-state index < -0.39 is 0 Å². The smallest absolute Gasteiger partial charge is 0.268 e. The van der Waals surface area contributed by atoms with Crippen LogP contribution in [0.4, 0.5) is 0 Å². The van der Waals surface area contributed by atoms with Crippen molar-refractivity contribution >= 4 is 5.91 Å². The van der Waals surface area contributed by atoms with Crippen molar-refractivity contribution in [2.45, 2.75) is 38.1 Å². The number of amides is 1. The molecule has 1 aromatic carbocycles. The Hall–Kier alpha value is -1.35. The zero-order chi connectivity index (χ0) is 12.4. The van der Waals surface area contributed by atoms with Gasteiger partial charge in [0, 0.05) is 24.7 Å². The summed E-state index contributed by atoms with van der Waals surface area (Å²) in [4.78, 5) is 12.6. The van der Waals surface area contributed by atoms with Crippen molar-refractivity contribution in [1.82, 2.24) is 10.0 Å². The van der Waals surface area contributed by atoms with Gasteiger partial charge in [-0.2, -0.15) is 0 Å². The minimum atomic E-state index is 0.181. The Labute approximate surface area is 108 Å². The lowest BCUT2D eigenvalue weighted by atomic mass is 10.1. The molecule has 0 atom stereocenters. The fraction of sp³-hybridized carbons (Fsp3) is 0.533. The highest BCUT2D eigenvalue weighted by Crippen LogP contribution is 2.31. The number of piperidine rings is 1. The predicted octanol–water partition coefficient (Wildman–Crippen LogP) is 2.69. The highest BCUT2D eigenvalue weighted by Gasteiger charge is 2.37. The van der Waals surface area contributed by atoms with Gasteiger partial charge in [-0.3, -0.25) is 9.80 Å². The minimum Gasteiger partial charge on any atom is -0.268 e. The molecule has 18 heavy (non-hydrogen) atoms. The van der Waals surface area contributed by atoms with Gasteiger partial charge in [0.2, 0.25) is 0 Å². The predicted molar refractivity (Wildman–Crippen MR) is 71.1 cm³/mol. The Morgan fingerprint density at radius 3 is 2.33 bits per heavy atom. The molecule has 1 saturated heterocycles. The van der Waals surface area contributed by atoms with Gasteiger partial charge in [0.05, 0.1) is 0 Å². The van der Waals surface area contributed by atoms with Crippen molar-refractivity contribution in [1.29, 1.82) is 0 Å². The summed E-state index contributed by atoms with van der Waals surface area (Å²) in [7, 11) is 0. The third-order valence-corrected chi connectivity index (χ3v) is 3.76. The van der Waals surface area contributed by atoms with Crippen molar-refractivity contribution in [2.75, 3.05) is 13.1 Å². The third-order valence-electron chi connectivity index (χ3n) is 3.76. The first-order valence-corrected chi connectivity index (χ1v) is 7.00. The number of hydrogen-bond acceptors (Lipinski definition) is 2. The van der Waals surface area contributed by atoms with Gasteiger partial charge in [-0.1, -0.05) is 24.6 Å². The van der Waals surface area contributed by atoms with Crippen LogP contribution in [-0.2, 0) is 0 Å². The molecule has 1 aromatic rings. The van der Waals surface area contributed by atoms with Crippen LogP contribution in [0.15, 0.2) is 30.3 Å². The summed E-state index contributed by atoms with van der Waals surface area (Å²) in [5.74, 6) is 0.181. The maximum absolute atomic E-state index is 12.6. The zero-order valence-corrected chi connectivity index (χ0v) is 10.7. The van der Waals surface area contributed by atoms with E-state index in [0.29, 0.717) is 6.04 Å². The Bertz CT molecular complexity index is 408. The molecule has 1 heterocycles. The van der Waals surface area contributed by atoms with Crippen molar-refractivity contribution < 1.29 is 4.79 Å². The second-order valence-electron chi connectivity index (χ2n) is 5.26. The number of benzene rings is 1. The molecule has 0 radical (unpaired) electrons. The topological polar surface area (TPSA) is 23.6 Å². The molecule has 96 valence electrons.